The second-order valence-corrected chi connectivity index (χ2v) is 5.84. The Balaban J connectivity index is 1.96. The summed E-state index contributed by atoms with van der Waals surface area (Å²) in [7, 11) is 2.17. The summed E-state index contributed by atoms with van der Waals surface area (Å²) in [6.45, 7) is 4.95. The highest BCUT2D eigenvalue weighted by Crippen LogP contribution is 2.29. The third-order valence-electron chi connectivity index (χ3n) is 3.97. The summed E-state index contributed by atoms with van der Waals surface area (Å²) in [6.07, 6.45) is 2.58. The lowest BCUT2D eigenvalue weighted by Crippen LogP contribution is -2.36. The largest absolute Gasteiger partial charge is 0.489 e. The number of rotatable bonds is 4. The molecule has 0 aliphatic carbocycles. The summed E-state index contributed by atoms with van der Waals surface area (Å²) < 4.78 is 6.03. The molecule has 1 fully saturated rings. The van der Waals surface area contributed by atoms with Gasteiger partial charge in [-0.15, -0.1) is 0 Å². The van der Waals surface area contributed by atoms with Crippen molar-refractivity contribution in [2.75, 3.05) is 20.1 Å². The van der Waals surface area contributed by atoms with E-state index in [0.717, 1.165) is 24.4 Å². The minimum Gasteiger partial charge on any atom is -0.489 e. The van der Waals surface area contributed by atoms with E-state index < -0.39 is 0 Å². The van der Waals surface area contributed by atoms with Gasteiger partial charge < -0.3 is 15.4 Å². The number of ether oxygens (including phenoxy) is 1. The molecule has 0 saturated carbocycles. The number of nitrogens with two attached hydrogens (primary N) is 1. The fourth-order valence-electron chi connectivity index (χ4n) is 2.56. The predicted octanol–water partition coefficient (Wildman–Crippen LogP) is 2.91. The van der Waals surface area contributed by atoms with Gasteiger partial charge in [0.1, 0.15) is 5.75 Å². The molecule has 1 saturated heterocycles. The van der Waals surface area contributed by atoms with Crippen LogP contribution < -0.4 is 10.5 Å². The van der Waals surface area contributed by atoms with Gasteiger partial charge in [-0.05, 0) is 63.5 Å². The van der Waals surface area contributed by atoms with E-state index in [-0.39, 0.29) is 6.10 Å². The molecule has 3 nitrogen and oxygen atoms in total. The summed E-state index contributed by atoms with van der Waals surface area (Å²) in [5.41, 5.74) is 6.63. The standard InChI is InChI=1S/C15H23ClN2O/c1-11(13-5-7-18(2)8-6-13)19-15-4-3-12(10-17)9-14(15)16/h3-4,9,11,13H,5-8,10,17H2,1-2H3. The smallest absolute Gasteiger partial charge is 0.138 e. The van der Waals surface area contributed by atoms with Crippen LogP contribution in [0.2, 0.25) is 5.02 Å². The van der Waals surface area contributed by atoms with Crippen LogP contribution in [0.15, 0.2) is 18.2 Å². The van der Waals surface area contributed by atoms with E-state index in [0.29, 0.717) is 17.5 Å². The molecule has 4 heteroatoms. The van der Waals surface area contributed by atoms with Gasteiger partial charge in [0.05, 0.1) is 11.1 Å². The van der Waals surface area contributed by atoms with Crippen LogP contribution >= 0.6 is 11.6 Å². The molecule has 0 aromatic heterocycles. The molecule has 19 heavy (non-hydrogen) atoms. The number of nitrogens with zero attached hydrogens (tertiary/aromatic N) is 1. The minimum absolute atomic E-state index is 0.204. The molecular weight excluding hydrogens is 260 g/mol. The second kappa shape index (κ2) is 6.60. The lowest BCUT2D eigenvalue weighted by atomic mass is 9.92. The molecular formula is C15H23ClN2O. The summed E-state index contributed by atoms with van der Waals surface area (Å²) >= 11 is 6.23. The van der Waals surface area contributed by atoms with E-state index in [9.17, 15) is 0 Å². The van der Waals surface area contributed by atoms with E-state index in [2.05, 4.69) is 18.9 Å². The number of piperidine rings is 1. The summed E-state index contributed by atoms with van der Waals surface area (Å²) in [5.74, 6) is 1.38. The Bertz CT molecular complexity index is 417. The Hall–Kier alpha value is -0.770. The Kier molecular flexibility index (Phi) is 5.08. The summed E-state index contributed by atoms with van der Waals surface area (Å²) in [4.78, 5) is 2.37. The van der Waals surface area contributed by atoms with Gasteiger partial charge in [0, 0.05) is 6.54 Å². The average molecular weight is 283 g/mol. The van der Waals surface area contributed by atoms with Crippen molar-refractivity contribution in [1.82, 2.24) is 4.90 Å². The van der Waals surface area contributed by atoms with Crippen LogP contribution in [0.25, 0.3) is 0 Å². The topological polar surface area (TPSA) is 38.5 Å². The van der Waals surface area contributed by atoms with Crippen LogP contribution in [0.1, 0.15) is 25.3 Å². The molecule has 2 rings (SSSR count). The van der Waals surface area contributed by atoms with Crippen LogP contribution in [0, 0.1) is 5.92 Å². The van der Waals surface area contributed by atoms with Gasteiger partial charge in [0.25, 0.3) is 0 Å². The lowest BCUT2D eigenvalue weighted by molar-refractivity contribution is 0.0978. The van der Waals surface area contributed by atoms with Gasteiger partial charge in [-0.25, -0.2) is 0 Å². The molecule has 106 valence electrons. The third kappa shape index (κ3) is 3.85. The Labute approximate surface area is 120 Å². The molecule has 1 aliphatic rings. The maximum Gasteiger partial charge on any atom is 0.138 e. The number of likely N-dealkylation sites (tertiary alicyclic amines) is 1. The van der Waals surface area contributed by atoms with Crippen molar-refractivity contribution in [3.05, 3.63) is 28.8 Å². The fraction of sp³-hybridized carbons (Fsp3) is 0.600. The molecule has 1 aromatic carbocycles. The van der Waals surface area contributed by atoms with Crippen molar-refractivity contribution >= 4 is 11.6 Å². The van der Waals surface area contributed by atoms with Crippen LogP contribution in [0.5, 0.6) is 5.75 Å². The van der Waals surface area contributed by atoms with Crippen molar-refractivity contribution in [1.29, 1.82) is 0 Å². The first-order chi connectivity index (χ1) is 9.10. The van der Waals surface area contributed by atoms with Gasteiger partial charge in [-0.2, -0.15) is 0 Å². The first kappa shape index (κ1) is 14.6. The summed E-state index contributed by atoms with van der Waals surface area (Å²) in [6, 6.07) is 5.79. The molecule has 0 amide bonds. The molecule has 1 aliphatic heterocycles. The van der Waals surface area contributed by atoms with Gasteiger partial charge in [0.15, 0.2) is 0 Å². The normalized spacial score (nSPS) is 19.4. The highest BCUT2D eigenvalue weighted by atomic mass is 35.5. The van der Waals surface area contributed by atoms with E-state index in [1.54, 1.807) is 0 Å². The van der Waals surface area contributed by atoms with E-state index >= 15 is 0 Å². The molecule has 1 aromatic rings. The lowest BCUT2D eigenvalue weighted by Gasteiger charge is -2.32. The number of hydrogen-bond donors (Lipinski definition) is 1. The predicted molar refractivity (Wildman–Crippen MR) is 79.7 cm³/mol. The van der Waals surface area contributed by atoms with Crippen molar-refractivity contribution in [2.24, 2.45) is 11.7 Å². The molecule has 1 unspecified atom stereocenters. The SMILES string of the molecule is CC(Oc1ccc(CN)cc1Cl)C1CCN(C)CC1. The molecule has 0 radical (unpaired) electrons. The van der Waals surface area contributed by atoms with Crippen molar-refractivity contribution in [3.63, 3.8) is 0 Å². The Morgan fingerprint density at radius 1 is 1.42 bits per heavy atom. The Morgan fingerprint density at radius 3 is 2.68 bits per heavy atom. The van der Waals surface area contributed by atoms with Crippen LogP contribution in [-0.4, -0.2) is 31.1 Å². The maximum atomic E-state index is 6.23. The molecule has 1 heterocycles. The molecule has 0 bridgehead atoms. The quantitative estimate of drug-likeness (QED) is 0.923. The third-order valence-corrected chi connectivity index (χ3v) is 4.27. The summed E-state index contributed by atoms with van der Waals surface area (Å²) in [5, 5.41) is 0.655. The zero-order chi connectivity index (χ0) is 13.8. The van der Waals surface area contributed by atoms with Crippen LogP contribution in [-0.2, 0) is 6.54 Å². The van der Waals surface area contributed by atoms with E-state index in [4.69, 9.17) is 22.1 Å². The van der Waals surface area contributed by atoms with E-state index in [1.807, 2.05) is 18.2 Å². The van der Waals surface area contributed by atoms with Crippen molar-refractivity contribution in [3.8, 4) is 5.75 Å². The minimum atomic E-state index is 0.204. The average Bonchev–Trinajstić information content (AvgIpc) is 2.41. The number of halogens is 1. The van der Waals surface area contributed by atoms with E-state index in [1.165, 1.54) is 12.8 Å². The van der Waals surface area contributed by atoms with Gasteiger partial charge in [-0.1, -0.05) is 17.7 Å². The van der Waals surface area contributed by atoms with Gasteiger partial charge >= 0.3 is 0 Å². The van der Waals surface area contributed by atoms with Gasteiger partial charge in [-0.3, -0.25) is 0 Å². The number of benzene rings is 1. The monoisotopic (exact) mass is 282 g/mol. The highest BCUT2D eigenvalue weighted by molar-refractivity contribution is 6.32. The number of hydrogen-bond acceptors (Lipinski definition) is 3. The van der Waals surface area contributed by atoms with Gasteiger partial charge in [0.2, 0.25) is 0 Å². The first-order valence-corrected chi connectivity index (χ1v) is 7.31. The highest BCUT2D eigenvalue weighted by Gasteiger charge is 2.24. The fourth-order valence-corrected chi connectivity index (χ4v) is 2.81. The first-order valence-electron chi connectivity index (χ1n) is 6.94. The van der Waals surface area contributed by atoms with Crippen LogP contribution in [0.3, 0.4) is 0 Å². The second-order valence-electron chi connectivity index (χ2n) is 5.43. The molecule has 0 spiro atoms. The zero-order valence-corrected chi connectivity index (χ0v) is 12.5. The van der Waals surface area contributed by atoms with Crippen molar-refractivity contribution < 1.29 is 4.74 Å². The molecule has 1 atom stereocenters. The Morgan fingerprint density at radius 2 is 2.11 bits per heavy atom. The van der Waals surface area contributed by atoms with Crippen molar-refractivity contribution in [2.45, 2.75) is 32.4 Å². The van der Waals surface area contributed by atoms with Crippen LogP contribution in [0.4, 0.5) is 0 Å². The zero-order valence-electron chi connectivity index (χ0n) is 11.7. The molecule has 2 N–H and O–H groups in total. The maximum absolute atomic E-state index is 6.23.